The van der Waals surface area contributed by atoms with Gasteiger partial charge >= 0.3 is 0 Å². The van der Waals surface area contributed by atoms with Crippen molar-refractivity contribution >= 4 is 33.4 Å². The van der Waals surface area contributed by atoms with Gasteiger partial charge in [-0.1, -0.05) is 6.07 Å². The Balaban J connectivity index is 1.63. The number of morpholine rings is 1. The van der Waals surface area contributed by atoms with Crippen LogP contribution >= 0.6 is 11.3 Å². The van der Waals surface area contributed by atoms with Crippen LogP contribution in [0.4, 0.5) is 0 Å². The van der Waals surface area contributed by atoms with Gasteiger partial charge in [-0.3, -0.25) is 14.3 Å². The standard InChI is InChI=1S/C20H23N5O4S/c1-23(8-10-26)20(28)18-17(14-4-2-5-21-19(14)30-18)15-12-24(9-11-29-15)16(27)13-25-7-3-6-22-25/h2-7,15,26H,8-13H2,1H3. The lowest BCUT2D eigenvalue weighted by Gasteiger charge is -2.33. The van der Waals surface area contributed by atoms with Crippen LogP contribution in [-0.4, -0.2) is 81.4 Å². The van der Waals surface area contributed by atoms with Crippen LogP contribution in [0.2, 0.25) is 0 Å². The third-order valence-electron chi connectivity index (χ3n) is 5.08. The number of aromatic nitrogens is 3. The van der Waals surface area contributed by atoms with E-state index < -0.39 is 6.10 Å². The van der Waals surface area contributed by atoms with E-state index in [4.69, 9.17) is 4.74 Å². The summed E-state index contributed by atoms with van der Waals surface area (Å²) in [7, 11) is 1.65. The van der Waals surface area contributed by atoms with Crippen LogP contribution in [0.5, 0.6) is 0 Å². The highest BCUT2D eigenvalue weighted by atomic mass is 32.1. The van der Waals surface area contributed by atoms with Gasteiger partial charge in [-0.15, -0.1) is 11.3 Å². The Morgan fingerprint density at radius 3 is 3.00 bits per heavy atom. The van der Waals surface area contributed by atoms with Crippen molar-refractivity contribution in [3.8, 4) is 0 Å². The number of thiophene rings is 1. The molecule has 0 spiro atoms. The largest absolute Gasteiger partial charge is 0.395 e. The third-order valence-corrected chi connectivity index (χ3v) is 6.20. The zero-order valence-electron chi connectivity index (χ0n) is 16.6. The summed E-state index contributed by atoms with van der Waals surface area (Å²) in [5.41, 5.74) is 0.759. The SMILES string of the molecule is CN(CCO)C(=O)c1sc2ncccc2c1C1CN(C(=O)Cn2cccn2)CCO1. The second-order valence-electron chi connectivity index (χ2n) is 7.05. The number of hydrogen-bond donors (Lipinski definition) is 1. The van der Waals surface area contributed by atoms with Crippen LogP contribution in [0.25, 0.3) is 10.2 Å². The fourth-order valence-electron chi connectivity index (χ4n) is 3.54. The summed E-state index contributed by atoms with van der Waals surface area (Å²) in [6, 6.07) is 5.53. The average Bonchev–Trinajstić information content (AvgIpc) is 3.41. The monoisotopic (exact) mass is 429 g/mol. The van der Waals surface area contributed by atoms with Crippen molar-refractivity contribution in [2.75, 3.05) is 39.9 Å². The van der Waals surface area contributed by atoms with Crippen LogP contribution in [-0.2, 0) is 16.1 Å². The highest BCUT2D eigenvalue weighted by Crippen LogP contribution is 2.37. The van der Waals surface area contributed by atoms with Crippen LogP contribution < -0.4 is 0 Å². The molecule has 1 unspecified atom stereocenters. The molecule has 158 valence electrons. The van der Waals surface area contributed by atoms with Gasteiger partial charge in [-0.05, 0) is 12.1 Å². The van der Waals surface area contributed by atoms with Crippen LogP contribution in [0.1, 0.15) is 21.3 Å². The first-order valence-corrected chi connectivity index (χ1v) is 10.5. The molecular formula is C20H23N5O4S. The molecule has 1 aliphatic rings. The van der Waals surface area contributed by atoms with Crippen molar-refractivity contribution < 1.29 is 19.4 Å². The van der Waals surface area contributed by atoms with Crippen molar-refractivity contribution in [1.82, 2.24) is 24.6 Å². The number of aliphatic hydroxyl groups excluding tert-OH is 1. The molecule has 1 aliphatic heterocycles. The van der Waals surface area contributed by atoms with E-state index in [9.17, 15) is 14.7 Å². The van der Waals surface area contributed by atoms with Gasteiger partial charge in [-0.2, -0.15) is 5.10 Å². The van der Waals surface area contributed by atoms with E-state index in [2.05, 4.69) is 10.1 Å². The molecule has 3 aromatic heterocycles. The number of hydrogen-bond acceptors (Lipinski definition) is 7. The number of carbonyl (C=O) groups is 2. The minimum absolute atomic E-state index is 0.0464. The Kier molecular flexibility index (Phi) is 6.07. The molecule has 2 amide bonds. The molecule has 0 aliphatic carbocycles. The predicted octanol–water partition coefficient (Wildman–Crippen LogP) is 1.16. The molecule has 0 bridgehead atoms. The number of amides is 2. The van der Waals surface area contributed by atoms with Crippen molar-refractivity contribution in [3.05, 3.63) is 47.2 Å². The Bertz CT molecular complexity index is 1040. The topological polar surface area (TPSA) is 101 Å². The number of likely N-dealkylation sites (N-methyl/N-ethyl adjacent to an activating group) is 1. The van der Waals surface area contributed by atoms with Gasteiger partial charge in [-0.25, -0.2) is 4.98 Å². The molecule has 0 aromatic carbocycles. The molecule has 4 heterocycles. The molecule has 9 nitrogen and oxygen atoms in total. The van der Waals surface area contributed by atoms with E-state index >= 15 is 0 Å². The van der Waals surface area contributed by atoms with E-state index in [1.807, 2.05) is 12.1 Å². The minimum Gasteiger partial charge on any atom is -0.395 e. The lowest BCUT2D eigenvalue weighted by Crippen LogP contribution is -2.44. The molecule has 1 saturated heterocycles. The second-order valence-corrected chi connectivity index (χ2v) is 8.05. The van der Waals surface area contributed by atoms with Gasteiger partial charge in [0.05, 0.1) is 19.8 Å². The molecule has 1 N–H and O–H groups in total. The first-order valence-electron chi connectivity index (χ1n) is 9.69. The maximum Gasteiger partial charge on any atom is 0.264 e. The molecule has 0 radical (unpaired) electrons. The van der Waals surface area contributed by atoms with E-state index in [-0.39, 0.29) is 31.5 Å². The summed E-state index contributed by atoms with van der Waals surface area (Å²) in [6.07, 6.45) is 4.65. The molecule has 3 aromatic rings. The fraction of sp³-hybridized carbons (Fsp3) is 0.400. The van der Waals surface area contributed by atoms with Crippen LogP contribution in [0, 0.1) is 0 Å². The zero-order chi connectivity index (χ0) is 21.1. The van der Waals surface area contributed by atoms with E-state index in [1.54, 1.807) is 41.3 Å². The van der Waals surface area contributed by atoms with Crippen LogP contribution in [0.3, 0.4) is 0 Å². The number of aliphatic hydroxyl groups is 1. The highest BCUT2D eigenvalue weighted by Gasteiger charge is 2.32. The van der Waals surface area contributed by atoms with Crippen molar-refractivity contribution in [2.24, 2.45) is 0 Å². The average molecular weight is 430 g/mol. The first-order chi connectivity index (χ1) is 14.6. The number of carbonyl (C=O) groups excluding carboxylic acids is 2. The maximum atomic E-state index is 13.0. The van der Waals surface area contributed by atoms with E-state index in [0.29, 0.717) is 24.6 Å². The van der Waals surface area contributed by atoms with Crippen molar-refractivity contribution in [2.45, 2.75) is 12.6 Å². The van der Waals surface area contributed by atoms with Crippen LogP contribution in [0.15, 0.2) is 36.8 Å². The van der Waals surface area contributed by atoms with Gasteiger partial charge in [0.25, 0.3) is 5.91 Å². The summed E-state index contributed by atoms with van der Waals surface area (Å²) < 4.78 is 7.61. The normalized spacial score (nSPS) is 16.7. The summed E-state index contributed by atoms with van der Waals surface area (Å²) in [6.45, 7) is 1.51. The van der Waals surface area contributed by atoms with Gasteiger partial charge in [0.15, 0.2) is 0 Å². The first kappa shape index (κ1) is 20.5. The molecule has 4 rings (SSSR count). The predicted molar refractivity (Wildman–Crippen MR) is 111 cm³/mol. The lowest BCUT2D eigenvalue weighted by molar-refractivity contribution is -0.139. The quantitative estimate of drug-likeness (QED) is 0.631. The summed E-state index contributed by atoms with van der Waals surface area (Å²) in [4.78, 5) is 34.7. The fourth-order valence-corrected chi connectivity index (χ4v) is 4.73. The third kappa shape index (κ3) is 4.07. The highest BCUT2D eigenvalue weighted by molar-refractivity contribution is 7.20. The number of pyridine rings is 1. The lowest BCUT2D eigenvalue weighted by atomic mass is 10.0. The number of fused-ring (bicyclic) bond motifs is 1. The summed E-state index contributed by atoms with van der Waals surface area (Å²) in [5, 5.41) is 14.2. The summed E-state index contributed by atoms with van der Waals surface area (Å²) in [5.74, 6) is -0.236. The second kappa shape index (κ2) is 8.90. The number of nitrogens with zero attached hydrogens (tertiary/aromatic N) is 5. The molecule has 1 fully saturated rings. The molecule has 0 saturated carbocycles. The van der Waals surface area contributed by atoms with Gasteiger partial charge in [0.2, 0.25) is 5.91 Å². The Labute approximate surface area is 177 Å². The molecule has 10 heteroatoms. The maximum absolute atomic E-state index is 13.0. The summed E-state index contributed by atoms with van der Waals surface area (Å²) >= 11 is 1.31. The smallest absolute Gasteiger partial charge is 0.264 e. The number of rotatable bonds is 6. The molecular weight excluding hydrogens is 406 g/mol. The molecule has 1 atom stereocenters. The van der Waals surface area contributed by atoms with Gasteiger partial charge in [0, 0.05) is 49.7 Å². The number of ether oxygens (including phenoxy) is 1. The van der Waals surface area contributed by atoms with E-state index in [0.717, 1.165) is 15.8 Å². The Morgan fingerprint density at radius 1 is 1.37 bits per heavy atom. The van der Waals surface area contributed by atoms with Gasteiger partial charge < -0.3 is 19.6 Å². The minimum atomic E-state index is -0.431. The van der Waals surface area contributed by atoms with Gasteiger partial charge in [0.1, 0.15) is 22.4 Å². The zero-order valence-corrected chi connectivity index (χ0v) is 17.4. The molecule has 30 heavy (non-hydrogen) atoms. The Morgan fingerprint density at radius 2 is 2.23 bits per heavy atom. The van der Waals surface area contributed by atoms with Crippen molar-refractivity contribution in [1.29, 1.82) is 0 Å². The Hall–Kier alpha value is -2.82. The van der Waals surface area contributed by atoms with Crippen molar-refractivity contribution in [3.63, 3.8) is 0 Å². The van der Waals surface area contributed by atoms with E-state index in [1.165, 1.54) is 16.2 Å².